The molecule has 0 aliphatic heterocycles. The summed E-state index contributed by atoms with van der Waals surface area (Å²) in [5, 5.41) is 0. The van der Waals surface area contributed by atoms with Gasteiger partial charge in [0.05, 0.1) is 0 Å². The Morgan fingerprint density at radius 3 is 2.69 bits per heavy atom. The van der Waals surface area contributed by atoms with Crippen LogP contribution in [-0.2, 0) is 6.42 Å². The quantitative estimate of drug-likeness (QED) is 0.482. The summed E-state index contributed by atoms with van der Waals surface area (Å²) in [4.78, 5) is 0. The van der Waals surface area contributed by atoms with Crippen molar-refractivity contribution >= 4 is 0 Å². The molecule has 0 heterocycles. The van der Waals surface area contributed by atoms with E-state index in [0.29, 0.717) is 0 Å². The van der Waals surface area contributed by atoms with Crippen LogP contribution in [0.4, 0.5) is 0 Å². The Labute approximate surface area is 81.0 Å². The maximum atomic E-state index is 5.40. The van der Waals surface area contributed by atoms with Crippen molar-refractivity contribution in [2.24, 2.45) is 0 Å². The summed E-state index contributed by atoms with van der Waals surface area (Å²) in [6.07, 6.45) is 10.3. The molecular formula is C13H16. The number of aryl methyl sites for hydroxylation is 1. The molecule has 0 atom stereocenters. The molecule has 0 spiro atoms. The van der Waals surface area contributed by atoms with Gasteiger partial charge in [-0.15, -0.1) is 6.42 Å². The highest BCUT2D eigenvalue weighted by atomic mass is 14.0. The Morgan fingerprint density at radius 1 is 1.23 bits per heavy atom. The Balaban J connectivity index is 2.60. The number of terminal acetylenes is 1. The van der Waals surface area contributed by atoms with Crippen LogP contribution in [0, 0.1) is 12.3 Å². The van der Waals surface area contributed by atoms with Gasteiger partial charge in [0.15, 0.2) is 0 Å². The van der Waals surface area contributed by atoms with E-state index in [1.54, 1.807) is 0 Å². The fourth-order valence-corrected chi connectivity index (χ4v) is 1.44. The molecule has 0 radical (unpaired) electrons. The standard InChI is InChI=1S/C13H16/c1-3-5-6-10-13-11-8-7-9-12(13)4-2/h2,7-9,11H,3,5-6,10H2,1H3. The molecule has 0 heteroatoms. The Morgan fingerprint density at radius 2 is 2.00 bits per heavy atom. The predicted octanol–water partition coefficient (Wildman–Crippen LogP) is 3.40. The number of rotatable bonds is 4. The zero-order valence-corrected chi connectivity index (χ0v) is 8.22. The van der Waals surface area contributed by atoms with Gasteiger partial charge in [-0.05, 0) is 24.5 Å². The van der Waals surface area contributed by atoms with E-state index < -0.39 is 0 Å². The predicted molar refractivity (Wildman–Crippen MR) is 57.6 cm³/mol. The lowest BCUT2D eigenvalue weighted by atomic mass is 10.0. The zero-order chi connectivity index (χ0) is 9.52. The highest BCUT2D eigenvalue weighted by Gasteiger charge is 1.97. The molecule has 1 aromatic carbocycles. The highest BCUT2D eigenvalue weighted by Crippen LogP contribution is 2.11. The summed E-state index contributed by atoms with van der Waals surface area (Å²) in [5.41, 5.74) is 2.37. The molecule has 0 aliphatic rings. The van der Waals surface area contributed by atoms with Crippen molar-refractivity contribution in [2.45, 2.75) is 32.6 Å². The van der Waals surface area contributed by atoms with E-state index in [4.69, 9.17) is 6.42 Å². The van der Waals surface area contributed by atoms with Gasteiger partial charge >= 0.3 is 0 Å². The second kappa shape index (κ2) is 5.43. The summed E-state index contributed by atoms with van der Waals surface area (Å²) in [5.74, 6) is 2.72. The van der Waals surface area contributed by atoms with Crippen molar-refractivity contribution in [2.75, 3.05) is 0 Å². The first-order valence-electron chi connectivity index (χ1n) is 4.93. The lowest BCUT2D eigenvalue weighted by molar-refractivity contribution is 0.717. The number of hydrogen-bond donors (Lipinski definition) is 0. The van der Waals surface area contributed by atoms with Crippen LogP contribution in [-0.4, -0.2) is 0 Å². The molecule has 0 unspecified atom stereocenters. The summed E-state index contributed by atoms with van der Waals surface area (Å²) in [7, 11) is 0. The Hall–Kier alpha value is -1.22. The van der Waals surface area contributed by atoms with Crippen molar-refractivity contribution in [3.63, 3.8) is 0 Å². The average molecular weight is 172 g/mol. The minimum Gasteiger partial charge on any atom is -0.115 e. The zero-order valence-electron chi connectivity index (χ0n) is 8.22. The Kier molecular flexibility index (Phi) is 4.12. The van der Waals surface area contributed by atoms with Crippen molar-refractivity contribution in [3.05, 3.63) is 35.4 Å². The van der Waals surface area contributed by atoms with E-state index in [-0.39, 0.29) is 0 Å². The van der Waals surface area contributed by atoms with E-state index in [0.717, 1.165) is 12.0 Å². The molecular weight excluding hydrogens is 156 g/mol. The molecule has 1 rings (SSSR count). The van der Waals surface area contributed by atoms with Gasteiger partial charge in [0.25, 0.3) is 0 Å². The number of hydrogen-bond acceptors (Lipinski definition) is 0. The van der Waals surface area contributed by atoms with Gasteiger partial charge in [-0.25, -0.2) is 0 Å². The van der Waals surface area contributed by atoms with Gasteiger partial charge in [0.2, 0.25) is 0 Å². The van der Waals surface area contributed by atoms with E-state index in [1.807, 2.05) is 12.1 Å². The van der Waals surface area contributed by atoms with Crippen molar-refractivity contribution < 1.29 is 0 Å². The molecule has 0 nitrogen and oxygen atoms in total. The van der Waals surface area contributed by atoms with Crippen molar-refractivity contribution in [1.82, 2.24) is 0 Å². The summed E-state index contributed by atoms with van der Waals surface area (Å²) >= 11 is 0. The van der Waals surface area contributed by atoms with Gasteiger partial charge < -0.3 is 0 Å². The monoisotopic (exact) mass is 172 g/mol. The van der Waals surface area contributed by atoms with Crippen LogP contribution in [0.3, 0.4) is 0 Å². The average Bonchev–Trinajstić information content (AvgIpc) is 2.19. The van der Waals surface area contributed by atoms with Crippen LogP contribution >= 0.6 is 0 Å². The van der Waals surface area contributed by atoms with Crippen LogP contribution in [0.25, 0.3) is 0 Å². The van der Waals surface area contributed by atoms with E-state index in [9.17, 15) is 0 Å². The van der Waals surface area contributed by atoms with Crippen LogP contribution in [0.1, 0.15) is 37.3 Å². The first-order valence-corrected chi connectivity index (χ1v) is 4.93. The second-order valence-electron chi connectivity index (χ2n) is 3.26. The molecule has 0 aliphatic carbocycles. The summed E-state index contributed by atoms with van der Waals surface area (Å²) < 4.78 is 0. The maximum Gasteiger partial charge on any atom is 0.0274 e. The van der Waals surface area contributed by atoms with Gasteiger partial charge in [-0.3, -0.25) is 0 Å². The molecule has 0 saturated carbocycles. The van der Waals surface area contributed by atoms with Gasteiger partial charge in [0.1, 0.15) is 0 Å². The first kappa shape index (κ1) is 9.86. The lowest BCUT2D eigenvalue weighted by Crippen LogP contribution is -1.89. The van der Waals surface area contributed by atoms with Gasteiger partial charge in [-0.2, -0.15) is 0 Å². The topological polar surface area (TPSA) is 0 Å². The minimum absolute atomic E-state index is 1.05. The molecule has 0 fully saturated rings. The smallest absolute Gasteiger partial charge is 0.0274 e. The van der Waals surface area contributed by atoms with Gasteiger partial charge in [-0.1, -0.05) is 43.9 Å². The molecule has 0 aromatic heterocycles. The lowest BCUT2D eigenvalue weighted by Gasteiger charge is -2.02. The van der Waals surface area contributed by atoms with Crippen LogP contribution in [0.5, 0.6) is 0 Å². The number of unbranched alkanes of at least 4 members (excludes halogenated alkanes) is 2. The summed E-state index contributed by atoms with van der Waals surface area (Å²) in [6.45, 7) is 2.22. The largest absolute Gasteiger partial charge is 0.115 e. The summed E-state index contributed by atoms with van der Waals surface area (Å²) in [6, 6.07) is 8.20. The third kappa shape index (κ3) is 2.95. The molecule has 68 valence electrons. The molecule has 1 aromatic rings. The minimum atomic E-state index is 1.05. The highest BCUT2D eigenvalue weighted by molar-refractivity contribution is 5.39. The normalized spacial score (nSPS) is 9.54. The Bertz CT molecular complexity index is 291. The van der Waals surface area contributed by atoms with Crippen LogP contribution in [0.15, 0.2) is 24.3 Å². The fourth-order valence-electron chi connectivity index (χ4n) is 1.44. The van der Waals surface area contributed by atoms with Gasteiger partial charge in [0, 0.05) is 5.56 Å². The number of benzene rings is 1. The molecule has 0 N–H and O–H groups in total. The van der Waals surface area contributed by atoms with Crippen LogP contribution in [0.2, 0.25) is 0 Å². The molecule has 0 amide bonds. The SMILES string of the molecule is C#Cc1ccccc1CCCCC. The fraction of sp³-hybridized carbons (Fsp3) is 0.385. The van der Waals surface area contributed by atoms with E-state index in [2.05, 4.69) is 25.0 Å². The molecule has 0 saturated heterocycles. The third-order valence-corrected chi connectivity index (χ3v) is 2.22. The van der Waals surface area contributed by atoms with Crippen LogP contribution < -0.4 is 0 Å². The molecule has 13 heavy (non-hydrogen) atoms. The third-order valence-electron chi connectivity index (χ3n) is 2.22. The van der Waals surface area contributed by atoms with Crippen molar-refractivity contribution in [1.29, 1.82) is 0 Å². The van der Waals surface area contributed by atoms with E-state index >= 15 is 0 Å². The first-order chi connectivity index (χ1) is 6.38. The second-order valence-corrected chi connectivity index (χ2v) is 3.26. The van der Waals surface area contributed by atoms with E-state index in [1.165, 1.54) is 24.8 Å². The molecule has 0 bridgehead atoms. The van der Waals surface area contributed by atoms with Crippen molar-refractivity contribution in [3.8, 4) is 12.3 Å². The maximum absolute atomic E-state index is 5.40.